The van der Waals surface area contributed by atoms with Gasteiger partial charge in [0.05, 0.1) is 12.0 Å². The van der Waals surface area contributed by atoms with Crippen LogP contribution in [0.3, 0.4) is 0 Å². The fraction of sp³-hybridized carbons (Fsp3) is 0.0526. The molecule has 4 rings (SSSR count). The van der Waals surface area contributed by atoms with Crippen molar-refractivity contribution < 1.29 is 18.9 Å². The molecular formula is C19H13N3O5S. The van der Waals surface area contributed by atoms with Gasteiger partial charge in [-0.3, -0.25) is 20.2 Å². The largest absolute Gasteiger partial charge is 0.493 e. The van der Waals surface area contributed by atoms with Crippen molar-refractivity contribution in [1.82, 2.24) is 4.98 Å². The fourth-order valence-electron chi connectivity index (χ4n) is 2.70. The number of carbonyl (C=O) groups is 1. The van der Waals surface area contributed by atoms with Crippen LogP contribution in [0.2, 0.25) is 0 Å². The molecule has 140 valence electrons. The number of anilines is 1. The van der Waals surface area contributed by atoms with Gasteiger partial charge >= 0.3 is 0 Å². The molecular weight excluding hydrogens is 382 g/mol. The number of non-ortho nitro benzene ring substituents is 1. The van der Waals surface area contributed by atoms with Gasteiger partial charge in [-0.25, -0.2) is 4.98 Å². The molecule has 2 aromatic heterocycles. The van der Waals surface area contributed by atoms with Crippen LogP contribution < -0.4 is 10.1 Å². The smallest absolute Gasteiger partial charge is 0.270 e. The SMILES string of the molecule is COc1cccc2cc(-c3csc(NC(=O)c4cccc([N+](=O)[O-])c4)n3)oc12. The van der Waals surface area contributed by atoms with E-state index < -0.39 is 10.8 Å². The molecule has 2 aromatic carbocycles. The molecule has 0 aliphatic carbocycles. The first-order valence-corrected chi connectivity index (χ1v) is 9.01. The number of nitrogens with zero attached hydrogens (tertiary/aromatic N) is 2. The van der Waals surface area contributed by atoms with Gasteiger partial charge in [-0.15, -0.1) is 11.3 Å². The molecule has 8 nitrogen and oxygen atoms in total. The van der Waals surface area contributed by atoms with E-state index in [1.165, 1.54) is 35.6 Å². The summed E-state index contributed by atoms with van der Waals surface area (Å²) in [7, 11) is 1.57. The van der Waals surface area contributed by atoms with Crippen LogP contribution >= 0.6 is 11.3 Å². The molecule has 0 unspecified atom stereocenters. The summed E-state index contributed by atoms with van der Waals surface area (Å²) in [6, 6.07) is 12.9. The Balaban J connectivity index is 1.57. The lowest BCUT2D eigenvalue weighted by Gasteiger charge is -2.01. The Morgan fingerprint density at radius 3 is 2.86 bits per heavy atom. The minimum atomic E-state index is -0.547. The second kappa shape index (κ2) is 7.12. The van der Waals surface area contributed by atoms with Crippen LogP contribution in [0.5, 0.6) is 5.75 Å². The Bertz CT molecular complexity index is 1200. The normalized spacial score (nSPS) is 10.8. The molecule has 4 aromatic rings. The number of methoxy groups -OCH3 is 1. The number of thiazole rings is 1. The Morgan fingerprint density at radius 1 is 1.25 bits per heavy atom. The van der Waals surface area contributed by atoms with E-state index in [2.05, 4.69) is 10.3 Å². The van der Waals surface area contributed by atoms with E-state index >= 15 is 0 Å². The first-order chi connectivity index (χ1) is 13.5. The minimum Gasteiger partial charge on any atom is -0.493 e. The number of nitro groups is 1. The number of amides is 1. The molecule has 0 bridgehead atoms. The Kier molecular flexibility index (Phi) is 4.50. The number of rotatable bonds is 5. The van der Waals surface area contributed by atoms with Crippen molar-refractivity contribution >= 4 is 39.0 Å². The van der Waals surface area contributed by atoms with E-state index in [0.717, 1.165) is 5.39 Å². The average molecular weight is 395 g/mol. The molecule has 0 atom stereocenters. The average Bonchev–Trinajstić information content (AvgIpc) is 3.34. The summed E-state index contributed by atoms with van der Waals surface area (Å²) in [5.74, 6) is 0.695. The topological polar surface area (TPSA) is 108 Å². The highest BCUT2D eigenvalue weighted by atomic mass is 32.1. The third-order valence-corrected chi connectivity index (χ3v) is 4.78. The zero-order valence-corrected chi connectivity index (χ0v) is 15.4. The number of hydrogen-bond donors (Lipinski definition) is 1. The van der Waals surface area contributed by atoms with Gasteiger partial charge in [0.1, 0.15) is 5.69 Å². The van der Waals surface area contributed by atoms with Gasteiger partial charge in [-0.05, 0) is 18.2 Å². The van der Waals surface area contributed by atoms with E-state index in [9.17, 15) is 14.9 Å². The van der Waals surface area contributed by atoms with Crippen LogP contribution in [0.1, 0.15) is 10.4 Å². The van der Waals surface area contributed by atoms with E-state index in [1.54, 1.807) is 18.6 Å². The molecule has 0 saturated heterocycles. The lowest BCUT2D eigenvalue weighted by atomic mass is 10.2. The van der Waals surface area contributed by atoms with Crippen molar-refractivity contribution in [2.45, 2.75) is 0 Å². The van der Waals surface area contributed by atoms with Crippen molar-refractivity contribution in [2.75, 3.05) is 12.4 Å². The van der Waals surface area contributed by atoms with Crippen LogP contribution in [0.4, 0.5) is 10.8 Å². The van der Waals surface area contributed by atoms with Gasteiger partial charge in [-0.1, -0.05) is 18.2 Å². The summed E-state index contributed by atoms with van der Waals surface area (Å²) in [4.78, 5) is 27.0. The van der Waals surface area contributed by atoms with Crippen molar-refractivity contribution in [3.8, 4) is 17.2 Å². The highest BCUT2D eigenvalue weighted by Gasteiger charge is 2.16. The summed E-state index contributed by atoms with van der Waals surface area (Å²) in [6.07, 6.45) is 0. The number of nitrogens with one attached hydrogen (secondary N) is 1. The maximum atomic E-state index is 12.4. The van der Waals surface area contributed by atoms with Gasteiger partial charge in [0.25, 0.3) is 11.6 Å². The number of carbonyl (C=O) groups excluding carboxylic acids is 1. The lowest BCUT2D eigenvalue weighted by Crippen LogP contribution is -2.11. The number of ether oxygens (including phenoxy) is 1. The van der Waals surface area contributed by atoms with Crippen molar-refractivity contribution in [2.24, 2.45) is 0 Å². The summed E-state index contributed by atoms with van der Waals surface area (Å²) >= 11 is 1.23. The van der Waals surface area contributed by atoms with Gasteiger partial charge in [-0.2, -0.15) is 0 Å². The third-order valence-electron chi connectivity index (χ3n) is 4.02. The van der Waals surface area contributed by atoms with Gasteiger partial charge in [0.2, 0.25) is 0 Å². The van der Waals surface area contributed by atoms with Crippen LogP contribution in [-0.2, 0) is 0 Å². The van der Waals surface area contributed by atoms with Gasteiger partial charge < -0.3 is 9.15 Å². The zero-order valence-electron chi connectivity index (χ0n) is 14.5. The molecule has 9 heteroatoms. The number of para-hydroxylation sites is 1. The number of fused-ring (bicyclic) bond motifs is 1. The quantitative estimate of drug-likeness (QED) is 0.387. The molecule has 0 radical (unpaired) electrons. The molecule has 0 aliphatic heterocycles. The van der Waals surface area contributed by atoms with Crippen molar-refractivity contribution in [3.63, 3.8) is 0 Å². The number of nitro benzene ring substituents is 1. The standard InChI is InChI=1S/C19H13N3O5S/c1-26-15-7-3-4-11-9-16(27-17(11)15)14-10-28-19(20-14)21-18(23)12-5-2-6-13(8-12)22(24)25/h2-10H,1H3,(H,20,21,23). The number of furan rings is 1. The zero-order chi connectivity index (χ0) is 19.7. The first kappa shape index (κ1) is 17.7. The summed E-state index contributed by atoms with van der Waals surface area (Å²) in [5.41, 5.74) is 1.22. The third kappa shape index (κ3) is 3.30. The Morgan fingerprint density at radius 2 is 2.07 bits per heavy atom. The summed E-state index contributed by atoms with van der Waals surface area (Å²) < 4.78 is 11.1. The maximum Gasteiger partial charge on any atom is 0.270 e. The predicted octanol–water partition coefficient (Wildman–Crippen LogP) is 4.73. The van der Waals surface area contributed by atoms with Crippen LogP contribution in [-0.4, -0.2) is 22.9 Å². The van der Waals surface area contributed by atoms with Crippen molar-refractivity contribution in [1.29, 1.82) is 0 Å². The number of aromatic nitrogens is 1. The van der Waals surface area contributed by atoms with Crippen LogP contribution in [0, 0.1) is 10.1 Å². The monoisotopic (exact) mass is 395 g/mol. The van der Waals surface area contributed by atoms with E-state index in [1.807, 2.05) is 18.2 Å². The van der Waals surface area contributed by atoms with Crippen LogP contribution in [0.15, 0.2) is 58.3 Å². The molecule has 1 amide bonds. The Hall–Kier alpha value is -3.72. The Labute approximate surface area is 162 Å². The van der Waals surface area contributed by atoms with Gasteiger partial charge in [0.15, 0.2) is 22.2 Å². The molecule has 1 N–H and O–H groups in total. The van der Waals surface area contributed by atoms with Crippen molar-refractivity contribution in [3.05, 3.63) is 69.6 Å². The highest BCUT2D eigenvalue weighted by molar-refractivity contribution is 7.14. The second-order valence-electron chi connectivity index (χ2n) is 5.79. The van der Waals surface area contributed by atoms with E-state index in [0.29, 0.717) is 27.9 Å². The molecule has 0 fully saturated rings. The predicted molar refractivity (Wildman–Crippen MR) is 105 cm³/mol. The molecule has 2 heterocycles. The van der Waals surface area contributed by atoms with E-state index in [-0.39, 0.29) is 11.3 Å². The highest BCUT2D eigenvalue weighted by Crippen LogP contribution is 2.34. The summed E-state index contributed by atoms with van der Waals surface area (Å²) in [5, 5.41) is 16.5. The maximum absolute atomic E-state index is 12.4. The number of hydrogen-bond acceptors (Lipinski definition) is 7. The second-order valence-corrected chi connectivity index (χ2v) is 6.65. The molecule has 28 heavy (non-hydrogen) atoms. The van der Waals surface area contributed by atoms with Gasteiger partial charge in [0, 0.05) is 28.5 Å². The van der Waals surface area contributed by atoms with Crippen LogP contribution in [0.25, 0.3) is 22.4 Å². The fourth-order valence-corrected chi connectivity index (χ4v) is 3.39. The lowest BCUT2D eigenvalue weighted by molar-refractivity contribution is -0.384. The summed E-state index contributed by atoms with van der Waals surface area (Å²) in [6.45, 7) is 0. The first-order valence-electron chi connectivity index (χ1n) is 8.13. The molecule has 0 aliphatic rings. The number of benzene rings is 2. The molecule has 0 saturated carbocycles. The minimum absolute atomic E-state index is 0.149. The van der Waals surface area contributed by atoms with E-state index in [4.69, 9.17) is 9.15 Å². The molecule has 0 spiro atoms.